The number of hydrogen-bond acceptors (Lipinski definition) is 1. The standard InChI is InChI=1S/C9H12FN.C2H6/c1-2-7-11-9-5-3-8(10)4-6-9;1-2/h3-6,11H,2,7H2,1H3;1-2H3. The summed E-state index contributed by atoms with van der Waals surface area (Å²) >= 11 is 0. The van der Waals surface area contributed by atoms with Crippen molar-refractivity contribution in [3.8, 4) is 0 Å². The molecule has 1 N–H and O–H groups in total. The molecule has 0 spiro atoms. The third-order valence-corrected chi connectivity index (χ3v) is 1.42. The molecule has 2 heteroatoms. The Balaban J connectivity index is 0.000000671. The van der Waals surface area contributed by atoms with Crippen LogP contribution in [0.4, 0.5) is 10.1 Å². The third kappa shape index (κ3) is 5.23. The van der Waals surface area contributed by atoms with Gasteiger partial charge in [-0.25, -0.2) is 4.39 Å². The van der Waals surface area contributed by atoms with Crippen LogP contribution >= 0.6 is 0 Å². The van der Waals surface area contributed by atoms with Gasteiger partial charge in [0.1, 0.15) is 5.82 Å². The smallest absolute Gasteiger partial charge is 0.123 e. The molecule has 0 unspecified atom stereocenters. The fraction of sp³-hybridized carbons (Fsp3) is 0.455. The predicted octanol–water partition coefficient (Wildman–Crippen LogP) is 3.67. The molecule has 74 valence electrons. The molecule has 0 fully saturated rings. The fourth-order valence-electron chi connectivity index (χ4n) is 0.837. The van der Waals surface area contributed by atoms with Gasteiger partial charge in [-0.2, -0.15) is 0 Å². The highest BCUT2D eigenvalue weighted by Crippen LogP contribution is 2.07. The number of hydrogen-bond donors (Lipinski definition) is 1. The summed E-state index contributed by atoms with van der Waals surface area (Å²) in [5.74, 6) is -0.188. The van der Waals surface area contributed by atoms with Crippen LogP contribution in [0.2, 0.25) is 0 Å². The highest BCUT2D eigenvalue weighted by Gasteiger charge is 1.89. The summed E-state index contributed by atoms with van der Waals surface area (Å²) in [6.07, 6.45) is 1.08. The first-order valence-corrected chi connectivity index (χ1v) is 4.82. The van der Waals surface area contributed by atoms with E-state index in [0.717, 1.165) is 18.7 Å². The Bertz CT molecular complexity index is 206. The van der Waals surface area contributed by atoms with Gasteiger partial charge < -0.3 is 5.32 Å². The lowest BCUT2D eigenvalue weighted by molar-refractivity contribution is 0.628. The van der Waals surface area contributed by atoms with Crippen molar-refractivity contribution >= 4 is 5.69 Å². The van der Waals surface area contributed by atoms with Crippen LogP contribution in [-0.2, 0) is 0 Å². The van der Waals surface area contributed by atoms with E-state index < -0.39 is 0 Å². The molecule has 1 aromatic carbocycles. The van der Waals surface area contributed by atoms with Crippen molar-refractivity contribution in [3.05, 3.63) is 30.1 Å². The first-order valence-electron chi connectivity index (χ1n) is 4.82. The van der Waals surface area contributed by atoms with E-state index in [1.165, 1.54) is 12.1 Å². The van der Waals surface area contributed by atoms with Gasteiger partial charge in [0.2, 0.25) is 0 Å². The van der Waals surface area contributed by atoms with Gasteiger partial charge in [-0.15, -0.1) is 0 Å². The second-order valence-corrected chi connectivity index (χ2v) is 2.43. The van der Waals surface area contributed by atoms with E-state index >= 15 is 0 Å². The van der Waals surface area contributed by atoms with Crippen LogP contribution in [-0.4, -0.2) is 6.54 Å². The zero-order valence-electron chi connectivity index (χ0n) is 8.60. The molecule has 0 atom stereocenters. The molecule has 1 nitrogen and oxygen atoms in total. The van der Waals surface area contributed by atoms with Gasteiger partial charge in [0.25, 0.3) is 0 Å². The first kappa shape index (κ1) is 11.9. The number of halogens is 1. The van der Waals surface area contributed by atoms with Gasteiger partial charge in [-0.1, -0.05) is 20.8 Å². The normalized spacial score (nSPS) is 8.62. The molecule has 0 aliphatic carbocycles. The molecule has 0 saturated carbocycles. The summed E-state index contributed by atoms with van der Waals surface area (Å²) in [6.45, 7) is 7.03. The van der Waals surface area contributed by atoms with E-state index in [-0.39, 0.29) is 5.82 Å². The predicted molar refractivity (Wildman–Crippen MR) is 56.5 cm³/mol. The van der Waals surface area contributed by atoms with Gasteiger partial charge in [0, 0.05) is 12.2 Å². The van der Waals surface area contributed by atoms with Crippen LogP contribution in [0, 0.1) is 5.82 Å². The van der Waals surface area contributed by atoms with E-state index in [4.69, 9.17) is 0 Å². The number of rotatable bonds is 3. The summed E-state index contributed by atoms with van der Waals surface area (Å²) in [6, 6.07) is 6.39. The molecule has 1 rings (SSSR count). The Morgan fingerprint density at radius 1 is 1.15 bits per heavy atom. The van der Waals surface area contributed by atoms with Crippen LogP contribution in [0.3, 0.4) is 0 Å². The average Bonchev–Trinajstić information content (AvgIpc) is 2.20. The maximum atomic E-state index is 12.4. The zero-order valence-corrected chi connectivity index (χ0v) is 8.60. The Morgan fingerprint density at radius 3 is 2.15 bits per heavy atom. The van der Waals surface area contributed by atoms with E-state index in [1.54, 1.807) is 12.1 Å². The van der Waals surface area contributed by atoms with Crippen molar-refractivity contribution in [1.29, 1.82) is 0 Å². The van der Waals surface area contributed by atoms with Crippen LogP contribution < -0.4 is 5.32 Å². The fourth-order valence-corrected chi connectivity index (χ4v) is 0.837. The van der Waals surface area contributed by atoms with E-state index in [2.05, 4.69) is 12.2 Å². The maximum Gasteiger partial charge on any atom is 0.123 e. The molecule has 0 heterocycles. The largest absolute Gasteiger partial charge is 0.385 e. The topological polar surface area (TPSA) is 12.0 Å². The summed E-state index contributed by atoms with van der Waals surface area (Å²) in [4.78, 5) is 0. The summed E-state index contributed by atoms with van der Waals surface area (Å²) < 4.78 is 12.4. The number of anilines is 1. The van der Waals surface area contributed by atoms with Crippen molar-refractivity contribution in [3.63, 3.8) is 0 Å². The van der Waals surface area contributed by atoms with Crippen LogP contribution in [0.5, 0.6) is 0 Å². The minimum absolute atomic E-state index is 0.188. The van der Waals surface area contributed by atoms with Gasteiger partial charge >= 0.3 is 0 Å². The van der Waals surface area contributed by atoms with Crippen LogP contribution in [0.25, 0.3) is 0 Å². The van der Waals surface area contributed by atoms with Crippen molar-refractivity contribution in [2.24, 2.45) is 0 Å². The van der Waals surface area contributed by atoms with Crippen molar-refractivity contribution < 1.29 is 4.39 Å². The Kier molecular flexibility index (Phi) is 6.98. The van der Waals surface area contributed by atoms with Gasteiger partial charge in [0.05, 0.1) is 0 Å². The highest BCUT2D eigenvalue weighted by molar-refractivity contribution is 5.42. The molecule has 0 bridgehead atoms. The summed E-state index contributed by atoms with van der Waals surface area (Å²) in [5, 5.41) is 3.15. The molecule has 0 aliphatic rings. The minimum Gasteiger partial charge on any atom is -0.385 e. The molecule has 0 aromatic heterocycles. The molecule has 13 heavy (non-hydrogen) atoms. The maximum absolute atomic E-state index is 12.4. The Morgan fingerprint density at radius 2 is 1.69 bits per heavy atom. The molecule has 0 saturated heterocycles. The first-order chi connectivity index (χ1) is 6.33. The van der Waals surface area contributed by atoms with Gasteiger partial charge in [-0.05, 0) is 30.7 Å². The van der Waals surface area contributed by atoms with Crippen LogP contribution in [0.15, 0.2) is 24.3 Å². The molecule has 1 aromatic rings. The van der Waals surface area contributed by atoms with Crippen molar-refractivity contribution in [1.82, 2.24) is 0 Å². The minimum atomic E-state index is -0.188. The highest BCUT2D eigenvalue weighted by atomic mass is 19.1. The molecule has 0 radical (unpaired) electrons. The molecular formula is C11H18FN. The number of benzene rings is 1. The molecule has 0 amide bonds. The number of nitrogens with one attached hydrogen (secondary N) is 1. The average molecular weight is 183 g/mol. The monoisotopic (exact) mass is 183 g/mol. The Labute approximate surface area is 80.0 Å². The SMILES string of the molecule is CC.CCCNc1ccc(F)cc1. The summed E-state index contributed by atoms with van der Waals surface area (Å²) in [5.41, 5.74) is 0.980. The quantitative estimate of drug-likeness (QED) is 0.753. The van der Waals surface area contributed by atoms with Gasteiger partial charge in [-0.3, -0.25) is 0 Å². The zero-order chi connectivity index (χ0) is 10.1. The van der Waals surface area contributed by atoms with Crippen LogP contribution in [0.1, 0.15) is 27.2 Å². The molecule has 0 aliphatic heterocycles. The van der Waals surface area contributed by atoms with E-state index in [1.807, 2.05) is 13.8 Å². The lowest BCUT2D eigenvalue weighted by Gasteiger charge is -2.02. The second kappa shape index (κ2) is 7.59. The second-order valence-electron chi connectivity index (χ2n) is 2.43. The van der Waals surface area contributed by atoms with E-state index in [0.29, 0.717) is 0 Å². The Hall–Kier alpha value is -1.05. The molecular weight excluding hydrogens is 165 g/mol. The van der Waals surface area contributed by atoms with Gasteiger partial charge in [0.15, 0.2) is 0 Å². The van der Waals surface area contributed by atoms with Crippen molar-refractivity contribution in [2.75, 3.05) is 11.9 Å². The van der Waals surface area contributed by atoms with E-state index in [9.17, 15) is 4.39 Å². The van der Waals surface area contributed by atoms with Crippen molar-refractivity contribution in [2.45, 2.75) is 27.2 Å². The lowest BCUT2D eigenvalue weighted by Crippen LogP contribution is -1.98. The third-order valence-electron chi connectivity index (χ3n) is 1.42. The lowest BCUT2D eigenvalue weighted by atomic mass is 10.3. The summed E-state index contributed by atoms with van der Waals surface area (Å²) in [7, 11) is 0.